The highest BCUT2D eigenvalue weighted by Gasteiger charge is 2.23. The van der Waals surface area contributed by atoms with Gasteiger partial charge in [0.05, 0.1) is 17.1 Å². The lowest BCUT2D eigenvalue weighted by Gasteiger charge is -2.08. The number of nitrogens with one attached hydrogen (secondary N) is 1. The molecule has 0 aliphatic rings. The van der Waals surface area contributed by atoms with Gasteiger partial charge in [-0.15, -0.1) is 0 Å². The second kappa shape index (κ2) is 9.10. The number of sulfonamides is 1. The highest BCUT2D eigenvalue weighted by atomic mass is 32.2. The average molecular weight is 431 g/mol. The van der Waals surface area contributed by atoms with E-state index < -0.39 is 28.5 Å². The number of hydrogen-bond acceptors (Lipinski definition) is 7. The second-order valence-corrected chi connectivity index (χ2v) is 8.19. The Kier molecular flexibility index (Phi) is 6.53. The molecule has 3 rings (SSSR count). The molecule has 0 spiro atoms. The smallest absolute Gasteiger partial charge is 0.374 e. The van der Waals surface area contributed by atoms with Crippen LogP contribution in [0.25, 0.3) is 11.0 Å². The largest absolute Gasteiger partial charge is 0.460 e. The molecule has 9 heteroatoms. The maximum atomic E-state index is 12.3. The maximum absolute atomic E-state index is 12.3. The van der Waals surface area contributed by atoms with Crippen LogP contribution >= 0.6 is 0 Å². The first-order valence-electron chi connectivity index (χ1n) is 9.21. The summed E-state index contributed by atoms with van der Waals surface area (Å²) >= 11 is 0. The van der Waals surface area contributed by atoms with Crippen molar-refractivity contribution in [3.63, 3.8) is 0 Å². The Hall–Kier alpha value is -3.17. The minimum absolute atomic E-state index is 0.0475. The zero-order chi connectivity index (χ0) is 21.7. The molecule has 1 aromatic heterocycles. The average Bonchev–Trinajstić information content (AvgIpc) is 3.10. The molecule has 8 nitrogen and oxygen atoms in total. The summed E-state index contributed by atoms with van der Waals surface area (Å²) in [7, 11) is -3.85. The number of furan rings is 1. The van der Waals surface area contributed by atoms with Gasteiger partial charge in [-0.25, -0.2) is 13.2 Å². The van der Waals surface area contributed by atoms with Crippen LogP contribution in [0.4, 0.5) is 0 Å². The van der Waals surface area contributed by atoms with Gasteiger partial charge >= 0.3 is 11.9 Å². The van der Waals surface area contributed by atoms with Gasteiger partial charge in [0.2, 0.25) is 15.8 Å². The third-order valence-corrected chi connectivity index (χ3v) is 5.69. The summed E-state index contributed by atoms with van der Waals surface area (Å²) in [5, 5.41) is 0.605. The normalized spacial score (nSPS) is 11.4. The van der Waals surface area contributed by atoms with Crippen LogP contribution in [0.2, 0.25) is 0 Å². The predicted octanol–water partition coefficient (Wildman–Crippen LogP) is 2.94. The molecule has 1 heterocycles. The number of para-hydroxylation sites is 1. The lowest BCUT2D eigenvalue weighted by Crippen LogP contribution is -2.30. The van der Waals surface area contributed by atoms with Crippen molar-refractivity contribution in [2.75, 3.05) is 13.2 Å². The molecule has 1 N–H and O–H groups in total. The number of ether oxygens (including phenoxy) is 2. The van der Waals surface area contributed by atoms with Gasteiger partial charge in [-0.1, -0.05) is 35.9 Å². The van der Waals surface area contributed by atoms with Crippen molar-refractivity contribution in [2.24, 2.45) is 0 Å². The van der Waals surface area contributed by atoms with Crippen molar-refractivity contribution in [1.82, 2.24) is 4.72 Å². The Morgan fingerprint density at radius 2 is 1.73 bits per heavy atom. The fraction of sp³-hybridized carbons (Fsp3) is 0.238. The number of fused-ring (bicyclic) bond motifs is 1. The number of carbonyl (C=O) groups excluding carboxylic acids is 2. The first-order chi connectivity index (χ1) is 14.3. The number of hydrogen-bond donors (Lipinski definition) is 1. The zero-order valence-electron chi connectivity index (χ0n) is 16.5. The molecule has 30 heavy (non-hydrogen) atoms. The first-order valence-corrected chi connectivity index (χ1v) is 10.7. The molecule has 0 bridgehead atoms. The van der Waals surface area contributed by atoms with Crippen LogP contribution in [0, 0.1) is 6.92 Å². The third-order valence-electron chi connectivity index (χ3n) is 4.27. The quantitative estimate of drug-likeness (QED) is 0.546. The molecule has 0 aliphatic carbocycles. The van der Waals surface area contributed by atoms with Crippen LogP contribution in [-0.4, -0.2) is 33.5 Å². The monoisotopic (exact) mass is 431 g/mol. The minimum atomic E-state index is -3.85. The molecule has 0 amide bonds. The summed E-state index contributed by atoms with van der Waals surface area (Å²) < 4.78 is 42.5. The second-order valence-electron chi connectivity index (χ2n) is 6.42. The molecule has 0 atom stereocenters. The first kappa shape index (κ1) is 21.5. The number of carbonyl (C=O) groups is 2. The van der Waals surface area contributed by atoms with E-state index in [2.05, 4.69) is 4.72 Å². The van der Waals surface area contributed by atoms with Gasteiger partial charge in [0, 0.05) is 5.39 Å². The number of benzene rings is 2. The molecular weight excluding hydrogens is 410 g/mol. The summed E-state index contributed by atoms with van der Waals surface area (Å²) in [5.74, 6) is -1.52. The summed E-state index contributed by atoms with van der Waals surface area (Å²) in [6.45, 7) is 2.85. The van der Waals surface area contributed by atoms with E-state index in [-0.39, 0.29) is 23.9 Å². The van der Waals surface area contributed by atoms with Gasteiger partial charge in [-0.05, 0) is 32.0 Å². The van der Waals surface area contributed by atoms with Crippen LogP contribution in [0.3, 0.4) is 0 Å². The van der Waals surface area contributed by atoms with E-state index in [1.165, 1.54) is 12.1 Å². The Morgan fingerprint density at radius 1 is 1.03 bits per heavy atom. The van der Waals surface area contributed by atoms with Crippen molar-refractivity contribution in [3.05, 3.63) is 65.4 Å². The number of rotatable bonds is 8. The van der Waals surface area contributed by atoms with E-state index in [1.54, 1.807) is 43.3 Å². The molecule has 0 radical (unpaired) electrons. The highest BCUT2D eigenvalue weighted by molar-refractivity contribution is 7.89. The van der Waals surface area contributed by atoms with Gasteiger partial charge in [-0.3, -0.25) is 4.79 Å². The fourth-order valence-electron chi connectivity index (χ4n) is 2.76. The molecule has 0 fully saturated rings. The molecule has 2 aromatic carbocycles. The van der Waals surface area contributed by atoms with Crippen molar-refractivity contribution < 1.29 is 31.9 Å². The molecule has 158 valence electrons. The minimum Gasteiger partial charge on any atom is -0.460 e. The molecule has 3 aromatic rings. The zero-order valence-corrected chi connectivity index (χ0v) is 17.3. The van der Waals surface area contributed by atoms with Crippen molar-refractivity contribution in [2.45, 2.75) is 25.3 Å². The molecule has 0 saturated heterocycles. The fourth-order valence-corrected chi connectivity index (χ4v) is 3.73. The van der Waals surface area contributed by atoms with Crippen LogP contribution in [0.1, 0.15) is 28.6 Å². The summed E-state index contributed by atoms with van der Waals surface area (Å²) in [6.07, 6.45) is 0. The number of esters is 2. The van der Waals surface area contributed by atoms with Crippen LogP contribution in [0.5, 0.6) is 0 Å². The van der Waals surface area contributed by atoms with E-state index >= 15 is 0 Å². The van der Waals surface area contributed by atoms with E-state index in [0.29, 0.717) is 16.5 Å². The maximum Gasteiger partial charge on any atom is 0.374 e. The Balaban J connectivity index is 1.68. The van der Waals surface area contributed by atoms with Gasteiger partial charge in [-0.2, -0.15) is 4.72 Å². The predicted molar refractivity (Wildman–Crippen MR) is 108 cm³/mol. The third kappa shape index (κ3) is 4.87. The van der Waals surface area contributed by atoms with E-state index in [1.807, 2.05) is 6.92 Å². The Bertz CT molecular complexity index is 1160. The highest BCUT2D eigenvalue weighted by Crippen LogP contribution is 2.27. The van der Waals surface area contributed by atoms with Crippen molar-refractivity contribution in [1.29, 1.82) is 0 Å². The van der Waals surface area contributed by atoms with Gasteiger partial charge in [0.15, 0.2) is 0 Å². The van der Waals surface area contributed by atoms with Crippen molar-refractivity contribution in [3.8, 4) is 0 Å². The Labute approximate surface area is 173 Å². The SMILES string of the molecule is CCOC(=O)c1oc2ccccc2c1COC(=O)CNS(=O)(=O)c1ccc(C)cc1. The molecule has 0 aliphatic heterocycles. The topological polar surface area (TPSA) is 112 Å². The summed E-state index contributed by atoms with van der Waals surface area (Å²) in [6, 6.07) is 13.1. The lowest BCUT2D eigenvalue weighted by molar-refractivity contribution is -0.143. The van der Waals surface area contributed by atoms with Gasteiger partial charge in [0.25, 0.3) is 0 Å². The van der Waals surface area contributed by atoms with E-state index in [4.69, 9.17) is 13.9 Å². The summed E-state index contributed by atoms with van der Waals surface area (Å²) in [4.78, 5) is 24.3. The lowest BCUT2D eigenvalue weighted by atomic mass is 10.1. The summed E-state index contributed by atoms with van der Waals surface area (Å²) in [5.41, 5.74) is 1.73. The van der Waals surface area contributed by atoms with Crippen molar-refractivity contribution >= 4 is 32.9 Å². The number of aryl methyl sites for hydroxylation is 1. The standard InChI is InChI=1S/C21H21NO7S/c1-3-27-21(24)20-17(16-6-4-5-7-18(16)29-20)13-28-19(23)12-22-30(25,26)15-10-8-14(2)9-11-15/h4-11,22H,3,12-13H2,1-2H3. The van der Waals surface area contributed by atoms with Crippen LogP contribution in [-0.2, 0) is 30.9 Å². The molecular formula is C21H21NO7S. The Morgan fingerprint density at radius 3 is 2.43 bits per heavy atom. The van der Waals surface area contributed by atoms with Crippen LogP contribution < -0.4 is 4.72 Å². The van der Waals surface area contributed by atoms with Crippen LogP contribution in [0.15, 0.2) is 57.8 Å². The van der Waals surface area contributed by atoms with Gasteiger partial charge in [0.1, 0.15) is 18.7 Å². The van der Waals surface area contributed by atoms with E-state index in [9.17, 15) is 18.0 Å². The molecule has 0 saturated carbocycles. The van der Waals surface area contributed by atoms with E-state index in [0.717, 1.165) is 5.56 Å². The van der Waals surface area contributed by atoms with Gasteiger partial charge < -0.3 is 13.9 Å². The molecule has 0 unspecified atom stereocenters.